The van der Waals surface area contributed by atoms with Crippen molar-refractivity contribution in [1.82, 2.24) is 0 Å². The van der Waals surface area contributed by atoms with E-state index in [1.165, 1.54) is 0 Å². The van der Waals surface area contributed by atoms with Gasteiger partial charge in [0.25, 0.3) is 0 Å². The first kappa shape index (κ1) is 50.1. The molecule has 0 aromatic carbocycles. The number of rotatable bonds is 0. The molecular weight excluding hydrogens is 280 g/mol. The van der Waals surface area contributed by atoms with Crippen LogP contribution >= 0.6 is 0 Å². The van der Waals surface area contributed by atoms with E-state index in [1.54, 1.807) is 0 Å². The molecule has 0 bridgehead atoms. The van der Waals surface area contributed by atoms with Crippen LogP contribution < -0.4 is 95.9 Å². The third-order valence-corrected chi connectivity index (χ3v) is 0. The molecule has 0 heterocycles. The SMILES string of the molecule is O=C([O-])F.O=C([O-])F.O=C([O-])F.O=C([O-])F.[Li+].[Li+].[Li+].[Li+]. The summed E-state index contributed by atoms with van der Waals surface area (Å²) in [6.45, 7) is 0. The van der Waals surface area contributed by atoms with E-state index >= 15 is 0 Å². The first-order chi connectivity index (χ1) is 6.93. The molecule has 0 saturated carbocycles. The van der Waals surface area contributed by atoms with Crippen molar-refractivity contribution in [3.8, 4) is 0 Å². The topological polar surface area (TPSA) is 161 Å². The predicted octanol–water partition coefficient (Wildman–Crippen LogP) is -14.8. The third kappa shape index (κ3) is 48100000. The van der Waals surface area contributed by atoms with Crippen molar-refractivity contribution in [3.63, 3.8) is 0 Å². The second-order valence-electron chi connectivity index (χ2n) is 0.951. The Balaban J connectivity index is -0.0000000150. The smallest absolute Gasteiger partial charge is 0.520 e. The second-order valence-corrected chi connectivity index (χ2v) is 0.951. The number of carbonyl (C=O) groups excluding carboxylic acids is 4. The predicted molar refractivity (Wildman–Crippen MR) is 26.0 cm³/mol. The van der Waals surface area contributed by atoms with E-state index in [0.717, 1.165) is 0 Å². The Hall–Kier alpha value is -0.0104. The summed E-state index contributed by atoms with van der Waals surface area (Å²) >= 11 is 0. The summed E-state index contributed by atoms with van der Waals surface area (Å²) in [7, 11) is 0. The molecule has 0 aliphatic heterocycles. The van der Waals surface area contributed by atoms with E-state index in [0.29, 0.717) is 0 Å². The molecule has 0 aromatic heterocycles. The Morgan fingerprint density at radius 3 is 0.450 bits per heavy atom. The molecule has 0 N–H and O–H groups in total. The van der Waals surface area contributed by atoms with Crippen LogP contribution in [0.25, 0.3) is 0 Å². The van der Waals surface area contributed by atoms with Crippen molar-refractivity contribution < 1.29 is 133 Å². The van der Waals surface area contributed by atoms with Crippen LogP contribution in [-0.2, 0) is 0 Å². The number of hydrogen-bond donors (Lipinski definition) is 0. The van der Waals surface area contributed by atoms with Crippen LogP contribution in [0.3, 0.4) is 0 Å². The van der Waals surface area contributed by atoms with Crippen LogP contribution in [0.4, 0.5) is 36.7 Å². The van der Waals surface area contributed by atoms with Crippen molar-refractivity contribution in [2.45, 2.75) is 0 Å². The van der Waals surface area contributed by atoms with Crippen LogP contribution in [0.15, 0.2) is 0 Å². The molecule has 96 valence electrons. The minimum atomic E-state index is -2.58. The van der Waals surface area contributed by atoms with Gasteiger partial charge in [0.1, 0.15) is 0 Å². The summed E-state index contributed by atoms with van der Waals surface area (Å²) in [4.78, 5) is 32.9. The van der Waals surface area contributed by atoms with Gasteiger partial charge >= 0.3 is 75.4 Å². The Kier molecular flexibility index (Phi) is 107. The van der Waals surface area contributed by atoms with Crippen LogP contribution in [0.1, 0.15) is 0 Å². The molecule has 0 aliphatic carbocycles. The molecular formula is C4F4Li4O8. The van der Waals surface area contributed by atoms with Gasteiger partial charge in [0.05, 0.1) is 0 Å². The average molecular weight is 280 g/mol. The number of hydrogen-bond acceptors (Lipinski definition) is 8. The molecule has 20 heavy (non-hydrogen) atoms. The largest absolute Gasteiger partial charge is 1.00 e. The molecule has 8 nitrogen and oxygen atoms in total. The van der Waals surface area contributed by atoms with Gasteiger partial charge in [-0.3, -0.25) is 0 Å². The average Bonchev–Trinajstić information content (AvgIpc) is 1.76. The maximum Gasteiger partial charge on any atom is 1.00 e. The van der Waals surface area contributed by atoms with Gasteiger partial charge in [0.2, 0.25) is 24.9 Å². The quantitative estimate of drug-likeness (QED) is 0.240. The first-order valence-electron chi connectivity index (χ1n) is 2.39. The van der Waals surface area contributed by atoms with Crippen LogP contribution in [0, 0.1) is 0 Å². The Labute approximate surface area is 157 Å². The van der Waals surface area contributed by atoms with Crippen molar-refractivity contribution >= 4 is 24.9 Å². The zero-order valence-electron chi connectivity index (χ0n) is 10.8. The Morgan fingerprint density at radius 2 is 0.450 bits per heavy atom. The molecule has 0 amide bonds. The molecule has 0 atom stereocenters. The summed E-state index contributed by atoms with van der Waals surface area (Å²) in [5, 5.41) is 32.9. The first-order valence-corrected chi connectivity index (χ1v) is 2.39. The summed E-state index contributed by atoms with van der Waals surface area (Å²) in [6.07, 6.45) is -10.3. The van der Waals surface area contributed by atoms with Crippen molar-refractivity contribution in [3.05, 3.63) is 0 Å². The summed E-state index contributed by atoms with van der Waals surface area (Å²) in [5.41, 5.74) is 0. The molecule has 0 rings (SSSR count). The van der Waals surface area contributed by atoms with E-state index in [1.807, 2.05) is 0 Å². The van der Waals surface area contributed by atoms with Gasteiger partial charge in [-0.25, -0.2) is 0 Å². The maximum absolute atomic E-state index is 9.81. The van der Waals surface area contributed by atoms with Crippen molar-refractivity contribution in [1.29, 1.82) is 0 Å². The third-order valence-electron chi connectivity index (χ3n) is 0. The van der Waals surface area contributed by atoms with Gasteiger partial charge in [-0.2, -0.15) is 17.6 Å². The van der Waals surface area contributed by atoms with Gasteiger partial charge in [-0.05, 0) is 0 Å². The van der Waals surface area contributed by atoms with Gasteiger partial charge < -0.3 is 39.6 Å². The fraction of sp³-hybridized carbons (Fsp3) is 0. The van der Waals surface area contributed by atoms with Gasteiger partial charge in [-0.15, -0.1) is 0 Å². The standard InChI is InChI=1S/4CHFO2.4Li/c4*2-1(3)4;;;;/h4*(H,3,4);;;;/q;;;;4*+1/p-4. The van der Waals surface area contributed by atoms with Crippen LogP contribution in [-0.4, -0.2) is 24.9 Å². The second kappa shape index (κ2) is 42.8. The number of halogens is 4. The van der Waals surface area contributed by atoms with Gasteiger partial charge in [-0.1, -0.05) is 0 Å². The number of carbonyl (C=O) groups is 4. The monoisotopic (exact) mass is 280 g/mol. The molecule has 16 heteroatoms. The zero-order chi connectivity index (χ0) is 14.3. The summed E-state index contributed by atoms with van der Waals surface area (Å²) in [6, 6.07) is 0. The maximum atomic E-state index is 9.81. The van der Waals surface area contributed by atoms with E-state index in [2.05, 4.69) is 0 Å². The van der Waals surface area contributed by atoms with Gasteiger partial charge in [0, 0.05) is 0 Å². The molecule has 0 spiro atoms. The van der Waals surface area contributed by atoms with E-state index < -0.39 is 24.9 Å². The van der Waals surface area contributed by atoms with E-state index in [-0.39, 0.29) is 75.4 Å². The van der Waals surface area contributed by atoms with Crippen LogP contribution in [0.5, 0.6) is 0 Å². The zero-order valence-corrected chi connectivity index (χ0v) is 10.8. The molecule has 0 radical (unpaired) electrons. The fourth-order valence-corrected chi connectivity index (χ4v) is 0. The molecule has 0 fully saturated rings. The Bertz CT molecular complexity index is 179. The fourth-order valence-electron chi connectivity index (χ4n) is 0. The minimum Gasteiger partial charge on any atom is -0.520 e. The molecule has 0 unspecified atom stereocenters. The van der Waals surface area contributed by atoms with Gasteiger partial charge in [0.15, 0.2) is 0 Å². The summed E-state index contributed by atoms with van der Waals surface area (Å²) < 4.78 is 39.2. The number of carboxylic acid groups (broad SMARTS) is 4. The van der Waals surface area contributed by atoms with Crippen molar-refractivity contribution in [2.24, 2.45) is 0 Å². The molecule has 0 saturated heterocycles. The van der Waals surface area contributed by atoms with Crippen molar-refractivity contribution in [2.75, 3.05) is 0 Å². The van der Waals surface area contributed by atoms with Crippen LogP contribution in [0.2, 0.25) is 0 Å². The Morgan fingerprint density at radius 1 is 0.450 bits per heavy atom. The molecule has 0 aromatic rings. The van der Waals surface area contributed by atoms with E-state index in [9.17, 15) is 17.6 Å². The minimum absolute atomic E-state index is 0. The molecule has 0 aliphatic rings. The van der Waals surface area contributed by atoms with E-state index in [4.69, 9.17) is 39.6 Å². The summed E-state index contributed by atoms with van der Waals surface area (Å²) in [5.74, 6) is 0. The normalized spacial score (nSPS) is 5.00.